The summed E-state index contributed by atoms with van der Waals surface area (Å²) in [4.78, 5) is 14.6. The molecule has 1 fully saturated rings. The SMILES string of the molecule is CC1(C)OB(C(CC(=O)O)c2cccc3[nH]ccc23)OC1(C)C. The van der Waals surface area contributed by atoms with Gasteiger partial charge in [0.25, 0.3) is 0 Å². The Bertz CT molecular complexity index is 721. The zero-order valence-electron chi connectivity index (χ0n) is 13.9. The highest BCUT2D eigenvalue weighted by atomic mass is 16.7. The highest BCUT2D eigenvalue weighted by Gasteiger charge is 2.54. The minimum atomic E-state index is -0.864. The molecule has 6 heteroatoms. The first-order valence-electron chi connectivity index (χ1n) is 7.85. The number of aliphatic carboxylic acids is 1. The van der Waals surface area contributed by atoms with Crippen LogP contribution < -0.4 is 0 Å². The van der Waals surface area contributed by atoms with E-state index in [9.17, 15) is 9.90 Å². The molecular formula is C17H22BNO4. The second kappa shape index (κ2) is 5.39. The Hall–Kier alpha value is -1.79. The molecule has 3 rings (SSSR count). The first-order chi connectivity index (χ1) is 10.7. The average molecular weight is 315 g/mol. The summed E-state index contributed by atoms with van der Waals surface area (Å²) in [5, 5.41) is 10.4. The Morgan fingerprint density at radius 3 is 2.48 bits per heavy atom. The third-order valence-electron chi connectivity index (χ3n) is 5.02. The van der Waals surface area contributed by atoms with Gasteiger partial charge in [-0.15, -0.1) is 0 Å². The van der Waals surface area contributed by atoms with Gasteiger partial charge in [0.1, 0.15) is 0 Å². The Kier molecular flexibility index (Phi) is 3.77. The second-order valence-electron chi connectivity index (χ2n) is 7.12. The van der Waals surface area contributed by atoms with E-state index in [1.54, 1.807) is 0 Å². The van der Waals surface area contributed by atoms with Crippen LogP contribution in [0.3, 0.4) is 0 Å². The molecule has 1 aliphatic heterocycles. The molecule has 1 saturated heterocycles. The second-order valence-corrected chi connectivity index (χ2v) is 7.12. The van der Waals surface area contributed by atoms with Crippen LogP contribution in [0.2, 0.25) is 0 Å². The van der Waals surface area contributed by atoms with E-state index in [0.29, 0.717) is 0 Å². The number of aromatic amines is 1. The third kappa shape index (κ3) is 2.77. The van der Waals surface area contributed by atoms with Crippen molar-refractivity contribution in [3.8, 4) is 0 Å². The summed E-state index contributed by atoms with van der Waals surface area (Å²) >= 11 is 0. The Morgan fingerprint density at radius 2 is 1.87 bits per heavy atom. The summed E-state index contributed by atoms with van der Waals surface area (Å²) in [6.07, 6.45) is 1.82. The van der Waals surface area contributed by atoms with Gasteiger partial charge < -0.3 is 19.4 Å². The monoisotopic (exact) mass is 315 g/mol. The number of benzene rings is 1. The smallest absolute Gasteiger partial charge is 0.466 e. The maximum absolute atomic E-state index is 11.4. The molecule has 0 amide bonds. The molecule has 1 aromatic heterocycles. The number of hydrogen-bond donors (Lipinski definition) is 2. The predicted octanol–water partition coefficient (Wildman–Crippen LogP) is 3.36. The summed E-state index contributed by atoms with van der Waals surface area (Å²) in [6, 6.07) is 7.81. The Morgan fingerprint density at radius 1 is 1.22 bits per heavy atom. The maximum atomic E-state index is 11.4. The number of carboxylic acid groups (broad SMARTS) is 1. The van der Waals surface area contributed by atoms with E-state index in [1.807, 2.05) is 58.2 Å². The number of rotatable bonds is 4. The number of carbonyl (C=O) groups is 1. The predicted molar refractivity (Wildman–Crippen MR) is 89.4 cm³/mol. The van der Waals surface area contributed by atoms with E-state index in [4.69, 9.17) is 9.31 Å². The van der Waals surface area contributed by atoms with Crippen molar-refractivity contribution in [3.63, 3.8) is 0 Å². The van der Waals surface area contributed by atoms with Crippen LogP contribution in [0.5, 0.6) is 0 Å². The standard InChI is InChI=1S/C17H22BNO4/c1-16(2)17(3,4)23-18(22-16)13(10-15(20)21)11-6-5-7-14-12(11)8-9-19-14/h5-9,13,19H,10H2,1-4H3,(H,20,21). The van der Waals surface area contributed by atoms with E-state index in [-0.39, 0.29) is 12.2 Å². The molecule has 122 valence electrons. The van der Waals surface area contributed by atoms with E-state index < -0.39 is 24.3 Å². The maximum Gasteiger partial charge on any atom is 0.466 e. The molecule has 1 aromatic carbocycles. The van der Waals surface area contributed by atoms with Crippen molar-refractivity contribution in [2.24, 2.45) is 0 Å². The van der Waals surface area contributed by atoms with Gasteiger partial charge in [0.2, 0.25) is 0 Å². The minimum Gasteiger partial charge on any atom is -0.481 e. The molecule has 1 unspecified atom stereocenters. The lowest BCUT2D eigenvalue weighted by molar-refractivity contribution is -0.137. The lowest BCUT2D eigenvalue weighted by Gasteiger charge is -2.32. The summed E-state index contributed by atoms with van der Waals surface area (Å²) in [5.41, 5.74) is 0.944. The van der Waals surface area contributed by atoms with Crippen molar-refractivity contribution in [1.29, 1.82) is 0 Å². The molecule has 0 spiro atoms. The van der Waals surface area contributed by atoms with Crippen LogP contribution in [-0.2, 0) is 14.1 Å². The van der Waals surface area contributed by atoms with Crippen LogP contribution in [0.4, 0.5) is 0 Å². The van der Waals surface area contributed by atoms with Crippen molar-refractivity contribution < 1.29 is 19.2 Å². The number of aromatic nitrogens is 1. The molecular weight excluding hydrogens is 293 g/mol. The van der Waals surface area contributed by atoms with Gasteiger partial charge in [0, 0.05) is 22.9 Å². The zero-order valence-corrected chi connectivity index (χ0v) is 13.9. The lowest BCUT2D eigenvalue weighted by atomic mass is 9.65. The van der Waals surface area contributed by atoms with Gasteiger partial charge in [0.05, 0.1) is 17.6 Å². The molecule has 23 heavy (non-hydrogen) atoms. The van der Waals surface area contributed by atoms with E-state index in [2.05, 4.69) is 4.98 Å². The molecule has 2 N–H and O–H groups in total. The first-order valence-corrected chi connectivity index (χ1v) is 7.85. The topological polar surface area (TPSA) is 71.5 Å². The molecule has 1 aliphatic rings. The fourth-order valence-electron chi connectivity index (χ4n) is 3.03. The molecule has 2 aromatic rings. The Balaban J connectivity index is 2.03. The van der Waals surface area contributed by atoms with Gasteiger partial charge in [0.15, 0.2) is 0 Å². The summed E-state index contributed by atoms with van der Waals surface area (Å²) in [7, 11) is -0.586. The highest BCUT2D eigenvalue weighted by Crippen LogP contribution is 2.42. The number of fused-ring (bicyclic) bond motifs is 1. The average Bonchev–Trinajstić information content (AvgIpc) is 2.98. The normalized spacial score (nSPS) is 20.8. The number of hydrogen-bond acceptors (Lipinski definition) is 3. The molecule has 1 atom stereocenters. The van der Waals surface area contributed by atoms with Crippen LogP contribution in [0.1, 0.15) is 45.5 Å². The van der Waals surface area contributed by atoms with Gasteiger partial charge in [-0.3, -0.25) is 4.79 Å². The van der Waals surface area contributed by atoms with Crippen molar-refractivity contribution in [2.45, 2.75) is 51.1 Å². The quantitative estimate of drug-likeness (QED) is 0.849. The molecule has 0 aliphatic carbocycles. The van der Waals surface area contributed by atoms with Crippen LogP contribution in [-0.4, -0.2) is 34.4 Å². The van der Waals surface area contributed by atoms with Crippen LogP contribution in [0.15, 0.2) is 30.5 Å². The number of carboxylic acids is 1. The summed E-state index contributed by atoms with van der Waals surface area (Å²) in [5.74, 6) is -1.23. The highest BCUT2D eigenvalue weighted by molar-refractivity contribution is 6.48. The fourth-order valence-corrected chi connectivity index (χ4v) is 3.03. The fraction of sp³-hybridized carbons (Fsp3) is 0.471. The number of H-pyrrole nitrogens is 1. The van der Waals surface area contributed by atoms with Gasteiger partial charge in [-0.25, -0.2) is 0 Å². The van der Waals surface area contributed by atoms with Gasteiger partial charge in [-0.2, -0.15) is 0 Å². The molecule has 5 nitrogen and oxygen atoms in total. The van der Waals surface area contributed by atoms with Crippen LogP contribution in [0, 0.1) is 0 Å². The molecule has 2 heterocycles. The van der Waals surface area contributed by atoms with Crippen molar-refractivity contribution >= 4 is 24.0 Å². The van der Waals surface area contributed by atoms with Gasteiger partial charge >= 0.3 is 13.1 Å². The van der Waals surface area contributed by atoms with Crippen molar-refractivity contribution in [3.05, 3.63) is 36.0 Å². The summed E-state index contributed by atoms with van der Waals surface area (Å²) in [6.45, 7) is 7.90. The van der Waals surface area contributed by atoms with Crippen LogP contribution >= 0.6 is 0 Å². The lowest BCUT2D eigenvalue weighted by Crippen LogP contribution is -2.41. The molecule has 0 radical (unpaired) electrons. The van der Waals surface area contributed by atoms with Crippen molar-refractivity contribution in [1.82, 2.24) is 4.98 Å². The van der Waals surface area contributed by atoms with E-state index in [1.165, 1.54) is 0 Å². The van der Waals surface area contributed by atoms with E-state index in [0.717, 1.165) is 16.5 Å². The van der Waals surface area contributed by atoms with Crippen LogP contribution in [0.25, 0.3) is 10.9 Å². The summed E-state index contributed by atoms with van der Waals surface area (Å²) < 4.78 is 12.2. The van der Waals surface area contributed by atoms with Gasteiger partial charge in [-0.1, -0.05) is 12.1 Å². The van der Waals surface area contributed by atoms with Crippen molar-refractivity contribution in [2.75, 3.05) is 0 Å². The third-order valence-corrected chi connectivity index (χ3v) is 5.02. The van der Waals surface area contributed by atoms with E-state index >= 15 is 0 Å². The largest absolute Gasteiger partial charge is 0.481 e. The molecule has 0 saturated carbocycles. The first kappa shape index (κ1) is 16.1. The number of nitrogens with one attached hydrogen (secondary N) is 1. The Labute approximate surface area is 136 Å². The molecule has 0 bridgehead atoms. The zero-order chi connectivity index (χ0) is 16.8. The minimum absolute atomic E-state index is 0.0406. The van der Waals surface area contributed by atoms with Gasteiger partial charge in [-0.05, 0) is 45.4 Å².